The van der Waals surface area contributed by atoms with Crippen LogP contribution in [0.5, 0.6) is 0 Å². The van der Waals surface area contributed by atoms with Gasteiger partial charge in [-0.25, -0.2) is 15.0 Å². The van der Waals surface area contributed by atoms with Gasteiger partial charge in [0, 0.05) is 56.3 Å². The van der Waals surface area contributed by atoms with Crippen molar-refractivity contribution in [1.82, 2.24) is 24.4 Å². The second-order valence-electron chi connectivity index (χ2n) is 6.09. The summed E-state index contributed by atoms with van der Waals surface area (Å²) in [6.07, 6.45) is 10.9. The summed E-state index contributed by atoms with van der Waals surface area (Å²) < 4.78 is 7.67. The van der Waals surface area contributed by atoms with E-state index in [0.717, 1.165) is 31.6 Å². The zero-order valence-electron chi connectivity index (χ0n) is 13.8. The average Bonchev–Trinajstić information content (AvgIpc) is 3.01. The molecule has 2 aromatic heterocycles. The van der Waals surface area contributed by atoms with Crippen LogP contribution in [-0.2, 0) is 22.5 Å². The Bertz CT molecular complexity index is 617. The maximum Gasteiger partial charge on any atom is 0.222 e. The molecule has 0 N–H and O–H groups in total. The third-order valence-electron chi connectivity index (χ3n) is 4.20. The van der Waals surface area contributed by atoms with Gasteiger partial charge in [0.05, 0.1) is 19.5 Å². The Hall–Kier alpha value is -2.28. The number of rotatable bonds is 6. The van der Waals surface area contributed by atoms with Gasteiger partial charge in [0.2, 0.25) is 5.91 Å². The molecule has 0 saturated carbocycles. The summed E-state index contributed by atoms with van der Waals surface area (Å²) in [5.41, 5.74) is 0.994. The number of ether oxygens (including phenoxy) is 1. The van der Waals surface area contributed by atoms with Crippen molar-refractivity contribution in [3.05, 3.63) is 43.0 Å². The van der Waals surface area contributed by atoms with Crippen molar-refractivity contribution < 1.29 is 9.53 Å². The van der Waals surface area contributed by atoms with E-state index in [1.54, 1.807) is 25.0 Å². The Morgan fingerprint density at radius 1 is 1.33 bits per heavy atom. The van der Waals surface area contributed by atoms with Gasteiger partial charge in [-0.1, -0.05) is 0 Å². The molecule has 128 valence electrons. The van der Waals surface area contributed by atoms with Gasteiger partial charge in [-0.2, -0.15) is 0 Å². The van der Waals surface area contributed by atoms with Gasteiger partial charge in [-0.15, -0.1) is 0 Å². The molecule has 0 aliphatic carbocycles. The number of aromatic nitrogens is 4. The SMILES string of the molecule is O=C(CCCn1ccnc1)N1CCOC[C@@H](Cc2ccncn2)C1. The minimum Gasteiger partial charge on any atom is -0.379 e. The van der Waals surface area contributed by atoms with Crippen molar-refractivity contribution in [2.24, 2.45) is 5.92 Å². The van der Waals surface area contributed by atoms with Crippen molar-refractivity contribution in [1.29, 1.82) is 0 Å². The highest BCUT2D eigenvalue weighted by Gasteiger charge is 2.22. The lowest BCUT2D eigenvalue weighted by atomic mass is 10.0. The van der Waals surface area contributed by atoms with Crippen LogP contribution < -0.4 is 0 Å². The van der Waals surface area contributed by atoms with Gasteiger partial charge in [0.15, 0.2) is 0 Å². The zero-order valence-corrected chi connectivity index (χ0v) is 13.8. The maximum absolute atomic E-state index is 12.5. The van der Waals surface area contributed by atoms with Crippen LogP contribution in [0.25, 0.3) is 0 Å². The van der Waals surface area contributed by atoms with Crippen LogP contribution in [0.2, 0.25) is 0 Å². The van der Waals surface area contributed by atoms with Crippen molar-refractivity contribution in [2.45, 2.75) is 25.8 Å². The van der Waals surface area contributed by atoms with Crippen molar-refractivity contribution in [3.8, 4) is 0 Å². The summed E-state index contributed by atoms with van der Waals surface area (Å²) in [5, 5.41) is 0. The molecule has 1 fully saturated rings. The third kappa shape index (κ3) is 4.86. The van der Waals surface area contributed by atoms with E-state index < -0.39 is 0 Å². The van der Waals surface area contributed by atoms with E-state index in [-0.39, 0.29) is 11.8 Å². The average molecular weight is 329 g/mol. The highest BCUT2D eigenvalue weighted by atomic mass is 16.5. The third-order valence-corrected chi connectivity index (χ3v) is 4.20. The van der Waals surface area contributed by atoms with Crippen LogP contribution in [0, 0.1) is 5.92 Å². The highest BCUT2D eigenvalue weighted by Crippen LogP contribution is 2.14. The van der Waals surface area contributed by atoms with Crippen LogP contribution in [0.4, 0.5) is 0 Å². The van der Waals surface area contributed by atoms with E-state index in [1.807, 2.05) is 21.7 Å². The second-order valence-corrected chi connectivity index (χ2v) is 6.09. The summed E-state index contributed by atoms with van der Waals surface area (Å²) in [5.74, 6) is 0.480. The molecule has 0 unspecified atom stereocenters. The van der Waals surface area contributed by atoms with Crippen molar-refractivity contribution in [2.75, 3.05) is 26.3 Å². The summed E-state index contributed by atoms with van der Waals surface area (Å²) in [4.78, 5) is 26.7. The summed E-state index contributed by atoms with van der Waals surface area (Å²) in [6, 6.07) is 1.92. The van der Waals surface area contributed by atoms with E-state index in [9.17, 15) is 4.79 Å². The number of carbonyl (C=O) groups excluding carboxylic acids is 1. The fourth-order valence-electron chi connectivity index (χ4n) is 2.95. The Morgan fingerprint density at radius 2 is 2.29 bits per heavy atom. The van der Waals surface area contributed by atoms with Crippen LogP contribution in [0.15, 0.2) is 37.3 Å². The molecule has 0 spiro atoms. The minimum absolute atomic E-state index is 0.202. The van der Waals surface area contributed by atoms with E-state index in [4.69, 9.17) is 4.74 Å². The minimum atomic E-state index is 0.202. The van der Waals surface area contributed by atoms with E-state index >= 15 is 0 Å². The van der Waals surface area contributed by atoms with Crippen LogP contribution in [0.1, 0.15) is 18.5 Å². The first-order valence-electron chi connectivity index (χ1n) is 8.37. The number of hydrogen-bond acceptors (Lipinski definition) is 5. The molecule has 1 saturated heterocycles. The molecule has 3 heterocycles. The lowest BCUT2D eigenvalue weighted by Gasteiger charge is -2.23. The quantitative estimate of drug-likeness (QED) is 0.795. The smallest absolute Gasteiger partial charge is 0.222 e. The fraction of sp³-hybridized carbons (Fsp3) is 0.529. The Balaban J connectivity index is 1.49. The molecular weight excluding hydrogens is 306 g/mol. The van der Waals surface area contributed by atoms with Gasteiger partial charge in [0.25, 0.3) is 0 Å². The molecule has 0 bridgehead atoms. The molecule has 0 radical (unpaired) electrons. The molecule has 7 nitrogen and oxygen atoms in total. The highest BCUT2D eigenvalue weighted by molar-refractivity contribution is 5.76. The molecule has 0 aromatic carbocycles. The molecule has 2 aromatic rings. The first kappa shape index (κ1) is 16.6. The first-order valence-corrected chi connectivity index (χ1v) is 8.37. The zero-order chi connectivity index (χ0) is 16.6. The number of nitrogens with zero attached hydrogens (tertiary/aromatic N) is 5. The van der Waals surface area contributed by atoms with E-state index in [0.29, 0.717) is 26.2 Å². The van der Waals surface area contributed by atoms with Gasteiger partial charge in [-0.05, 0) is 18.9 Å². The van der Waals surface area contributed by atoms with Crippen LogP contribution in [-0.4, -0.2) is 56.6 Å². The van der Waals surface area contributed by atoms with Gasteiger partial charge in [0.1, 0.15) is 6.33 Å². The summed E-state index contributed by atoms with van der Waals surface area (Å²) in [6.45, 7) is 3.49. The molecule has 1 aliphatic heterocycles. The standard InChI is InChI=1S/C17H23N5O2/c23-17(2-1-6-21-7-5-19-14-21)22-8-9-24-12-15(11-22)10-16-3-4-18-13-20-16/h3-5,7,13-15H,1-2,6,8-12H2/t15-/m0/s1. The Labute approximate surface area is 141 Å². The lowest BCUT2D eigenvalue weighted by molar-refractivity contribution is -0.131. The fourth-order valence-corrected chi connectivity index (χ4v) is 2.95. The van der Waals surface area contributed by atoms with Gasteiger partial charge >= 0.3 is 0 Å². The molecule has 3 rings (SSSR count). The first-order chi connectivity index (χ1) is 11.8. The number of aryl methyl sites for hydroxylation is 1. The molecule has 1 atom stereocenters. The summed E-state index contributed by atoms with van der Waals surface area (Å²) >= 11 is 0. The van der Waals surface area contributed by atoms with Crippen molar-refractivity contribution in [3.63, 3.8) is 0 Å². The Morgan fingerprint density at radius 3 is 3.08 bits per heavy atom. The number of imidazole rings is 1. The molecule has 1 amide bonds. The second kappa shape index (κ2) is 8.54. The van der Waals surface area contributed by atoms with E-state index in [2.05, 4.69) is 15.0 Å². The van der Waals surface area contributed by atoms with E-state index in [1.165, 1.54) is 0 Å². The van der Waals surface area contributed by atoms with Gasteiger partial charge in [-0.3, -0.25) is 4.79 Å². The van der Waals surface area contributed by atoms with Crippen LogP contribution >= 0.6 is 0 Å². The molecule has 1 aliphatic rings. The lowest BCUT2D eigenvalue weighted by Crippen LogP contribution is -2.36. The van der Waals surface area contributed by atoms with Crippen LogP contribution in [0.3, 0.4) is 0 Å². The Kier molecular flexibility index (Phi) is 5.90. The van der Waals surface area contributed by atoms with Crippen molar-refractivity contribution >= 4 is 5.91 Å². The summed E-state index contributed by atoms with van der Waals surface area (Å²) in [7, 11) is 0. The topological polar surface area (TPSA) is 73.1 Å². The maximum atomic E-state index is 12.5. The predicted octanol–water partition coefficient (Wildman–Crippen LogP) is 1.17. The molecule has 7 heteroatoms. The monoisotopic (exact) mass is 329 g/mol. The normalized spacial score (nSPS) is 18.3. The number of amides is 1. The molecular formula is C17H23N5O2. The predicted molar refractivity (Wildman–Crippen MR) is 88.1 cm³/mol. The number of hydrogen-bond donors (Lipinski definition) is 0. The van der Waals surface area contributed by atoms with Gasteiger partial charge < -0.3 is 14.2 Å². The largest absolute Gasteiger partial charge is 0.379 e. The molecule has 24 heavy (non-hydrogen) atoms. The number of carbonyl (C=O) groups is 1.